The van der Waals surface area contributed by atoms with Crippen LogP contribution in [0.3, 0.4) is 0 Å². The number of anilines is 1. The molecule has 0 fully saturated rings. The van der Waals surface area contributed by atoms with Crippen LogP contribution in [0.15, 0.2) is 36.5 Å². The Hall–Kier alpha value is -2.67. The summed E-state index contributed by atoms with van der Waals surface area (Å²) in [7, 11) is 0. The number of nitrogens with two attached hydrogens (primary N) is 1. The first-order chi connectivity index (χ1) is 11.6. The molecule has 1 atom stereocenters. The number of hydrogen-bond acceptors (Lipinski definition) is 5. The van der Waals surface area contributed by atoms with E-state index in [0.29, 0.717) is 28.1 Å². The average molecular weight is 343 g/mol. The van der Waals surface area contributed by atoms with Crippen LogP contribution in [0.4, 0.5) is 10.1 Å². The summed E-state index contributed by atoms with van der Waals surface area (Å²) in [5, 5.41) is 3.41. The number of nitrogen functional groups attached to an aromatic ring is 1. The lowest BCUT2D eigenvalue weighted by molar-refractivity contribution is 0.0920. The Labute approximate surface area is 141 Å². The zero-order chi connectivity index (χ0) is 16.7. The Morgan fingerprint density at radius 3 is 3.12 bits per heavy atom. The minimum Gasteiger partial charge on any atom is -0.491 e. The van der Waals surface area contributed by atoms with E-state index < -0.39 is 5.82 Å². The number of pyridine rings is 1. The van der Waals surface area contributed by atoms with E-state index in [1.54, 1.807) is 0 Å². The van der Waals surface area contributed by atoms with E-state index in [1.807, 2.05) is 24.3 Å². The highest BCUT2D eigenvalue weighted by Crippen LogP contribution is 2.33. The lowest BCUT2D eigenvalue weighted by atomic mass is 10.0. The normalized spacial score (nSPS) is 16.5. The molecule has 7 heteroatoms. The van der Waals surface area contributed by atoms with Gasteiger partial charge in [-0.25, -0.2) is 9.37 Å². The van der Waals surface area contributed by atoms with Gasteiger partial charge in [-0.1, -0.05) is 18.2 Å². The Morgan fingerprint density at radius 2 is 2.25 bits per heavy atom. The number of nitrogens with zero attached hydrogens (tertiary/aromatic N) is 1. The summed E-state index contributed by atoms with van der Waals surface area (Å²) in [6, 6.07) is 8.91. The van der Waals surface area contributed by atoms with Gasteiger partial charge in [-0.15, -0.1) is 11.3 Å². The summed E-state index contributed by atoms with van der Waals surface area (Å²) in [5.41, 5.74) is 7.32. The van der Waals surface area contributed by atoms with Crippen molar-refractivity contribution in [3.8, 4) is 5.75 Å². The quantitative estimate of drug-likeness (QED) is 0.750. The first-order valence-corrected chi connectivity index (χ1v) is 8.28. The van der Waals surface area contributed by atoms with Crippen LogP contribution in [-0.2, 0) is 6.42 Å². The Morgan fingerprint density at radius 1 is 1.42 bits per heavy atom. The third-order valence-corrected chi connectivity index (χ3v) is 5.10. The number of hydrogen-bond donors (Lipinski definition) is 2. The summed E-state index contributed by atoms with van der Waals surface area (Å²) in [5.74, 6) is 0.0872. The van der Waals surface area contributed by atoms with E-state index >= 15 is 0 Å². The lowest BCUT2D eigenvalue weighted by Crippen LogP contribution is -2.42. The molecule has 1 amide bonds. The van der Waals surface area contributed by atoms with Crippen LogP contribution in [0.5, 0.6) is 5.75 Å². The summed E-state index contributed by atoms with van der Waals surface area (Å²) < 4.78 is 19.0. The van der Waals surface area contributed by atoms with E-state index in [-0.39, 0.29) is 17.6 Å². The zero-order valence-corrected chi connectivity index (χ0v) is 13.4. The number of thiophene rings is 1. The Kier molecular flexibility index (Phi) is 3.57. The molecule has 24 heavy (non-hydrogen) atoms. The largest absolute Gasteiger partial charge is 0.491 e. The first-order valence-electron chi connectivity index (χ1n) is 7.47. The number of amides is 1. The number of nitrogens with one attached hydrogen (secondary N) is 1. The molecule has 0 saturated carbocycles. The maximum Gasteiger partial charge on any atom is 0.263 e. The van der Waals surface area contributed by atoms with Gasteiger partial charge >= 0.3 is 0 Å². The van der Waals surface area contributed by atoms with Gasteiger partial charge < -0.3 is 15.8 Å². The van der Waals surface area contributed by atoms with Crippen molar-refractivity contribution < 1.29 is 13.9 Å². The van der Waals surface area contributed by atoms with Crippen LogP contribution in [0.25, 0.3) is 10.2 Å². The van der Waals surface area contributed by atoms with Gasteiger partial charge in [-0.2, -0.15) is 0 Å². The second kappa shape index (κ2) is 5.76. The van der Waals surface area contributed by atoms with E-state index in [0.717, 1.165) is 28.8 Å². The predicted molar refractivity (Wildman–Crippen MR) is 90.9 cm³/mol. The van der Waals surface area contributed by atoms with Crippen LogP contribution < -0.4 is 15.8 Å². The summed E-state index contributed by atoms with van der Waals surface area (Å²) in [6.07, 6.45) is 1.81. The average Bonchev–Trinajstić information content (AvgIpc) is 2.91. The maximum absolute atomic E-state index is 13.3. The molecule has 1 aliphatic rings. The summed E-state index contributed by atoms with van der Waals surface area (Å²) >= 11 is 1.16. The maximum atomic E-state index is 13.3. The van der Waals surface area contributed by atoms with Gasteiger partial charge in [0.05, 0.1) is 17.9 Å². The third-order valence-electron chi connectivity index (χ3n) is 3.97. The molecule has 2 aromatic heterocycles. The number of aromatic nitrogens is 1. The lowest BCUT2D eigenvalue weighted by Gasteiger charge is -2.25. The summed E-state index contributed by atoms with van der Waals surface area (Å²) in [4.78, 5) is 17.4. The number of rotatable bonds is 2. The Balaban J connectivity index is 1.56. The molecule has 3 heterocycles. The van der Waals surface area contributed by atoms with Crippen LogP contribution in [0.1, 0.15) is 15.2 Å². The van der Waals surface area contributed by atoms with E-state index in [4.69, 9.17) is 10.5 Å². The molecule has 0 radical (unpaired) electrons. The van der Waals surface area contributed by atoms with Crippen LogP contribution in [0.2, 0.25) is 0 Å². The van der Waals surface area contributed by atoms with Crippen LogP contribution in [0, 0.1) is 5.82 Å². The van der Waals surface area contributed by atoms with Crippen molar-refractivity contribution in [2.45, 2.75) is 12.5 Å². The molecule has 0 saturated heterocycles. The van der Waals surface area contributed by atoms with Crippen molar-refractivity contribution in [3.63, 3.8) is 0 Å². The fourth-order valence-electron chi connectivity index (χ4n) is 2.82. The zero-order valence-electron chi connectivity index (χ0n) is 12.6. The second-order valence-electron chi connectivity index (χ2n) is 5.64. The van der Waals surface area contributed by atoms with Gasteiger partial charge in [0.15, 0.2) is 0 Å². The van der Waals surface area contributed by atoms with Gasteiger partial charge in [-0.05, 0) is 24.1 Å². The van der Waals surface area contributed by atoms with Crippen molar-refractivity contribution in [3.05, 3.63) is 52.8 Å². The number of ether oxygens (including phenoxy) is 1. The van der Waals surface area contributed by atoms with Crippen molar-refractivity contribution in [1.82, 2.24) is 10.3 Å². The fourth-order valence-corrected chi connectivity index (χ4v) is 3.76. The number of carbonyl (C=O) groups is 1. The van der Waals surface area contributed by atoms with Crippen molar-refractivity contribution >= 4 is 33.1 Å². The van der Waals surface area contributed by atoms with Crippen molar-refractivity contribution in [2.24, 2.45) is 0 Å². The molecule has 1 aromatic carbocycles. The predicted octanol–water partition coefficient (Wildman–Crippen LogP) is 2.75. The number of carbonyl (C=O) groups excluding carboxylic acids is 1. The minimum atomic E-state index is -0.476. The standard InChI is InChI=1S/C17H14FN3O2S/c18-10-6-12-14(19)15(24-17(12)20-7-10)16(22)21-11-5-9-3-1-2-4-13(9)23-8-11/h1-4,6-7,11H,5,8,19H2,(H,21,22)/t11-/m1/s1. The number of fused-ring (bicyclic) bond motifs is 2. The van der Waals surface area contributed by atoms with Gasteiger partial charge in [0.25, 0.3) is 5.91 Å². The van der Waals surface area contributed by atoms with Crippen molar-refractivity contribution in [2.75, 3.05) is 12.3 Å². The molecular formula is C17H14FN3O2S. The molecule has 122 valence electrons. The highest BCUT2D eigenvalue weighted by molar-refractivity contribution is 7.21. The summed E-state index contributed by atoms with van der Waals surface area (Å²) in [6.45, 7) is 0.403. The molecule has 0 bridgehead atoms. The SMILES string of the molecule is Nc1c(C(=O)N[C@H]2COc3ccccc3C2)sc2ncc(F)cc12. The Bertz CT molecular complexity index is 941. The monoisotopic (exact) mass is 343 g/mol. The second-order valence-corrected chi connectivity index (χ2v) is 6.64. The number of para-hydroxylation sites is 1. The topological polar surface area (TPSA) is 77.2 Å². The van der Waals surface area contributed by atoms with Crippen LogP contribution in [-0.4, -0.2) is 23.5 Å². The number of benzene rings is 1. The van der Waals surface area contributed by atoms with Gasteiger partial charge in [0, 0.05) is 5.39 Å². The van der Waals surface area contributed by atoms with Gasteiger partial charge in [-0.3, -0.25) is 4.79 Å². The van der Waals surface area contributed by atoms with Gasteiger partial charge in [0.1, 0.15) is 27.9 Å². The molecule has 5 nitrogen and oxygen atoms in total. The van der Waals surface area contributed by atoms with Crippen LogP contribution >= 0.6 is 11.3 Å². The van der Waals surface area contributed by atoms with E-state index in [9.17, 15) is 9.18 Å². The minimum absolute atomic E-state index is 0.137. The molecule has 0 unspecified atom stereocenters. The van der Waals surface area contributed by atoms with Crippen molar-refractivity contribution in [1.29, 1.82) is 0 Å². The molecular weight excluding hydrogens is 329 g/mol. The molecule has 4 rings (SSSR count). The molecule has 0 aliphatic carbocycles. The highest BCUT2D eigenvalue weighted by atomic mass is 32.1. The molecule has 1 aliphatic heterocycles. The van der Waals surface area contributed by atoms with E-state index in [1.165, 1.54) is 6.07 Å². The number of halogens is 1. The smallest absolute Gasteiger partial charge is 0.263 e. The highest BCUT2D eigenvalue weighted by Gasteiger charge is 2.24. The van der Waals surface area contributed by atoms with E-state index in [2.05, 4.69) is 10.3 Å². The molecule has 0 spiro atoms. The van der Waals surface area contributed by atoms with Gasteiger partial charge in [0.2, 0.25) is 0 Å². The molecule has 3 aromatic rings. The fraction of sp³-hybridized carbons (Fsp3) is 0.176. The first kappa shape index (κ1) is 14.9. The third kappa shape index (κ3) is 2.56. The molecule has 3 N–H and O–H groups in total.